The first-order chi connectivity index (χ1) is 7.59. The van der Waals surface area contributed by atoms with E-state index in [-0.39, 0.29) is 0 Å². The van der Waals surface area contributed by atoms with Crippen LogP contribution >= 0.6 is 0 Å². The Hall–Kier alpha value is -0.650. The van der Waals surface area contributed by atoms with Crippen molar-refractivity contribution in [3.63, 3.8) is 0 Å². The highest BCUT2D eigenvalue weighted by molar-refractivity contribution is 5.79. The van der Waals surface area contributed by atoms with Gasteiger partial charge in [0.1, 0.15) is 0 Å². The molecule has 0 aliphatic carbocycles. The maximum absolute atomic E-state index is 10.7. The molecule has 94 valence electrons. The summed E-state index contributed by atoms with van der Waals surface area (Å²) >= 11 is 0. The average molecular weight is 228 g/mol. The Kier molecular flexibility index (Phi) is 5.73. The lowest BCUT2D eigenvalue weighted by Gasteiger charge is -2.29. The van der Waals surface area contributed by atoms with Crippen LogP contribution in [0.4, 0.5) is 0 Å². The number of carbonyl (C=O) groups excluding carboxylic acids is 1. The third-order valence-corrected chi connectivity index (χ3v) is 3.30. The minimum Gasteiger partial charge on any atom is -0.368 e. The molecule has 0 aromatic heterocycles. The first kappa shape index (κ1) is 13.4. The molecule has 0 saturated carbocycles. The highest BCUT2D eigenvalue weighted by Gasteiger charge is 2.16. The van der Waals surface area contributed by atoms with Crippen molar-refractivity contribution in [2.45, 2.75) is 25.3 Å². The van der Waals surface area contributed by atoms with Crippen LogP contribution in [0.1, 0.15) is 19.3 Å². The summed E-state index contributed by atoms with van der Waals surface area (Å²) in [6.07, 6.45) is 3.72. The number of carbonyl (C=O) groups is 1. The molecule has 1 rings (SSSR count). The van der Waals surface area contributed by atoms with E-state index in [0.29, 0.717) is 6.54 Å². The van der Waals surface area contributed by atoms with Gasteiger partial charge < -0.3 is 21.7 Å². The largest absolute Gasteiger partial charge is 0.368 e. The van der Waals surface area contributed by atoms with Crippen LogP contribution in [0.15, 0.2) is 0 Å². The Balaban J connectivity index is 2.01. The Labute approximate surface area is 97.5 Å². The zero-order valence-corrected chi connectivity index (χ0v) is 10.1. The molecular formula is C11H24N4O. The van der Waals surface area contributed by atoms with Gasteiger partial charge in [0.15, 0.2) is 0 Å². The molecule has 5 nitrogen and oxygen atoms in total. The molecule has 16 heavy (non-hydrogen) atoms. The van der Waals surface area contributed by atoms with Crippen molar-refractivity contribution in [2.24, 2.45) is 17.4 Å². The number of nitrogens with two attached hydrogens (primary N) is 2. The molecule has 0 radical (unpaired) electrons. The standard InChI is InChI=1S/C11H24N4O/c1-15-6-3-9(4-7-15)2-5-14-8-10(12)11(13)16/h9-10,14H,2-8,12H2,1H3,(H2,13,16). The smallest absolute Gasteiger partial charge is 0.235 e. The number of likely N-dealkylation sites (tertiary alicyclic amines) is 1. The van der Waals surface area contributed by atoms with Crippen LogP contribution < -0.4 is 16.8 Å². The molecule has 0 aromatic rings. The second-order valence-corrected chi connectivity index (χ2v) is 4.75. The van der Waals surface area contributed by atoms with E-state index in [1.807, 2.05) is 0 Å². The van der Waals surface area contributed by atoms with E-state index in [1.165, 1.54) is 32.4 Å². The third kappa shape index (κ3) is 4.92. The van der Waals surface area contributed by atoms with Crippen LogP contribution in [0.2, 0.25) is 0 Å². The van der Waals surface area contributed by atoms with Gasteiger partial charge in [-0.25, -0.2) is 0 Å². The Morgan fingerprint density at radius 2 is 2.12 bits per heavy atom. The zero-order chi connectivity index (χ0) is 12.0. The van der Waals surface area contributed by atoms with Gasteiger partial charge in [-0.05, 0) is 51.9 Å². The molecule has 1 atom stereocenters. The van der Waals surface area contributed by atoms with Crippen molar-refractivity contribution in [2.75, 3.05) is 33.2 Å². The number of piperidine rings is 1. The maximum atomic E-state index is 10.7. The number of nitrogens with one attached hydrogen (secondary N) is 1. The fourth-order valence-electron chi connectivity index (χ4n) is 2.02. The Morgan fingerprint density at radius 3 is 2.69 bits per heavy atom. The van der Waals surface area contributed by atoms with Crippen molar-refractivity contribution in [3.05, 3.63) is 0 Å². The summed E-state index contributed by atoms with van der Waals surface area (Å²) in [5.41, 5.74) is 10.6. The van der Waals surface area contributed by atoms with Crippen LogP contribution in [0.5, 0.6) is 0 Å². The van der Waals surface area contributed by atoms with E-state index in [2.05, 4.69) is 17.3 Å². The predicted molar refractivity (Wildman–Crippen MR) is 64.9 cm³/mol. The summed E-state index contributed by atoms with van der Waals surface area (Å²) < 4.78 is 0. The van der Waals surface area contributed by atoms with Crippen LogP contribution in [0.3, 0.4) is 0 Å². The van der Waals surface area contributed by atoms with E-state index in [1.54, 1.807) is 0 Å². The van der Waals surface area contributed by atoms with Gasteiger partial charge in [-0.2, -0.15) is 0 Å². The van der Waals surface area contributed by atoms with Gasteiger partial charge in [-0.3, -0.25) is 4.79 Å². The summed E-state index contributed by atoms with van der Waals surface area (Å²) in [7, 11) is 2.17. The highest BCUT2D eigenvalue weighted by Crippen LogP contribution is 2.18. The first-order valence-electron chi connectivity index (χ1n) is 6.03. The number of primary amides is 1. The van der Waals surface area contributed by atoms with Gasteiger partial charge in [-0.1, -0.05) is 0 Å². The van der Waals surface area contributed by atoms with Crippen molar-refractivity contribution in [1.29, 1.82) is 0 Å². The van der Waals surface area contributed by atoms with E-state index in [0.717, 1.165) is 12.5 Å². The summed E-state index contributed by atoms with van der Waals surface area (Å²) in [5.74, 6) is 0.375. The third-order valence-electron chi connectivity index (χ3n) is 3.30. The van der Waals surface area contributed by atoms with E-state index >= 15 is 0 Å². The fourth-order valence-corrected chi connectivity index (χ4v) is 2.02. The van der Waals surface area contributed by atoms with E-state index < -0.39 is 11.9 Å². The van der Waals surface area contributed by atoms with Gasteiger partial charge in [0.25, 0.3) is 0 Å². The molecule has 1 amide bonds. The number of hydrogen-bond acceptors (Lipinski definition) is 4. The van der Waals surface area contributed by atoms with Crippen LogP contribution in [-0.2, 0) is 4.79 Å². The van der Waals surface area contributed by atoms with Crippen LogP contribution in [0.25, 0.3) is 0 Å². The van der Waals surface area contributed by atoms with Gasteiger partial charge >= 0.3 is 0 Å². The Morgan fingerprint density at radius 1 is 1.50 bits per heavy atom. The van der Waals surface area contributed by atoms with Gasteiger partial charge in [-0.15, -0.1) is 0 Å². The second kappa shape index (κ2) is 6.83. The Bertz CT molecular complexity index is 214. The number of amides is 1. The van der Waals surface area contributed by atoms with Crippen LogP contribution in [-0.4, -0.2) is 50.1 Å². The molecule has 1 saturated heterocycles. The van der Waals surface area contributed by atoms with E-state index in [4.69, 9.17) is 11.5 Å². The topological polar surface area (TPSA) is 84.4 Å². The normalized spacial score (nSPS) is 20.9. The molecule has 1 unspecified atom stereocenters. The molecule has 5 N–H and O–H groups in total. The lowest BCUT2D eigenvalue weighted by molar-refractivity contribution is -0.119. The van der Waals surface area contributed by atoms with Crippen molar-refractivity contribution in [3.8, 4) is 0 Å². The summed E-state index contributed by atoms with van der Waals surface area (Å²) in [4.78, 5) is 13.1. The van der Waals surface area contributed by atoms with Gasteiger partial charge in [0, 0.05) is 6.54 Å². The fraction of sp³-hybridized carbons (Fsp3) is 0.909. The molecule has 1 heterocycles. The monoisotopic (exact) mass is 228 g/mol. The molecule has 5 heteroatoms. The van der Waals surface area contributed by atoms with Crippen molar-refractivity contribution in [1.82, 2.24) is 10.2 Å². The SMILES string of the molecule is CN1CCC(CCNCC(N)C(N)=O)CC1. The quantitative estimate of drug-likeness (QED) is 0.516. The molecule has 1 fully saturated rings. The molecular weight excluding hydrogens is 204 g/mol. The van der Waals surface area contributed by atoms with Gasteiger partial charge in [0.05, 0.1) is 6.04 Å². The number of rotatable bonds is 6. The first-order valence-corrected chi connectivity index (χ1v) is 6.03. The van der Waals surface area contributed by atoms with Crippen LogP contribution in [0, 0.1) is 5.92 Å². The summed E-state index contributed by atoms with van der Waals surface area (Å²) in [5, 5.41) is 3.19. The molecule has 0 aromatic carbocycles. The maximum Gasteiger partial charge on any atom is 0.235 e. The average Bonchev–Trinajstić information content (AvgIpc) is 2.26. The zero-order valence-electron chi connectivity index (χ0n) is 10.1. The van der Waals surface area contributed by atoms with E-state index in [9.17, 15) is 4.79 Å². The highest BCUT2D eigenvalue weighted by atomic mass is 16.1. The van der Waals surface area contributed by atoms with Crippen molar-refractivity contribution >= 4 is 5.91 Å². The summed E-state index contributed by atoms with van der Waals surface area (Å²) in [6, 6.07) is -0.558. The molecule has 0 bridgehead atoms. The van der Waals surface area contributed by atoms with Gasteiger partial charge in [0.2, 0.25) is 5.91 Å². The molecule has 0 spiro atoms. The second-order valence-electron chi connectivity index (χ2n) is 4.75. The predicted octanol–water partition coefficient (Wildman–Crippen LogP) is -0.879. The number of nitrogens with zero attached hydrogens (tertiary/aromatic N) is 1. The lowest BCUT2D eigenvalue weighted by atomic mass is 9.94. The number of hydrogen-bond donors (Lipinski definition) is 3. The minimum atomic E-state index is -0.558. The van der Waals surface area contributed by atoms with Crippen molar-refractivity contribution < 1.29 is 4.79 Å². The minimum absolute atomic E-state index is 0.438. The molecule has 1 aliphatic rings. The lowest BCUT2D eigenvalue weighted by Crippen LogP contribution is -2.44. The molecule has 1 aliphatic heterocycles. The summed E-state index contributed by atoms with van der Waals surface area (Å²) in [6.45, 7) is 3.81.